The van der Waals surface area contributed by atoms with Gasteiger partial charge in [0.1, 0.15) is 0 Å². The smallest absolute Gasteiger partial charge is 0.254 e. The van der Waals surface area contributed by atoms with Crippen LogP contribution in [0.25, 0.3) is 0 Å². The van der Waals surface area contributed by atoms with Crippen LogP contribution in [0, 0.1) is 40.2 Å². The Morgan fingerprint density at radius 3 is 2.66 bits per heavy atom. The van der Waals surface area contributed by atoms with E-state index in [4.69, 9.17) is 0 Å². The minimum absolute atomic E-state index is 0.0149. The number of hydrogen-bond acceptors (Lipinski definition) is 2. The second kappa shape index (κ2) is 7.39. The Hall–Kier alpha value is -2.24. The maximum absolute atomic E-state index is 14.2. The normalized spacial score (nSPS) is 40.5. The standard InChI is InChI=1S/C26H32F2N2O2/c1-25-13-11-18-15(7-10-21-26(18,2)14-12-22(31)30(21)3)17(25)8-9-20(25)29-24(32)16-5-4-6-19(27)23(16)28/h4-6,12,14-15,17-18,20-21H,7-11,13H2,1-3H3,(H,29,32)/t15-,17-,18+,20?,21?,25-,26+/m0/s1. The summed E-state index contributed by atoms with van der Waals surface area (Å²) in [4.78, 5) is 27.0. The van der Waals surface area contributed by atoms with Crippen molar-refractivity contribution in [2.75, 3.05) is 7.05 Å². The van der Waals surface area contributed by atoms with E-state index in [-0.39, 0.29) is 34.4 Å². The summed E-state index contributed by atoms with van der Waals surface area (Å²) in [6.45, 7) is 4.59. The van der Waals surface area contributed by atoms with Crippen molar-refractivity contribution in [1.29, 1.82) is 0 Å². The molecule has 1 heterocycles. The summed E-state index contributed by atoms with van der Waals surface area (Å²) >= 11 is 0. The maximum Gasteiger partial charge on any atom is 0.254 e. The molecule has 32 heavy (non-hydrogen) atoms. The van der Waals surface area contributed by atoms with Gasteiger partial charge in [-0.05, 0) is 79.9 Å². The van der Waals surface area contributed by atoms with Gasteiger partial charge in [0, 0.05) is 24.5 Å². The quantitative estimate of drug-likeness (QED) is 0.722. The van der Waals surface area contributed by atoms with Crippen LogP contribution in [0.2, 0.25) is 0 Å². The molecule has 0 radical (unpaired) electrons. The van der Waals surface area contributed by atoms with Crippen molar-refractivity contribution >= 4 is 11.8 Å². The topological polar surface area (TPSA) is 49.4 Å². The number of halogens is 2. The Balaban J connectivity index is 1.37. The fourth-order valence-electron chi connectivity index (χ4n) is 7.89. The zero-order valence-corrected chi connectivity index (χ0v) is 19.0. The Kier molecular flexibility index (Phi) is 4.99. The van der Waals surface area contributed by atoms with Gasteiger partial charge in [-0.1, -0.05) is 26.0 Å². The Bertz CT molecular complexity index is 994. The summed E-state index contributed by atoms with van der Waals surface area (Å²) in [7, 11) is 1.93. The second-order valence-corrected chi connectivity index (χ2v) is 10.9. The molecule has 5 rings (SSSR count). The molecule has 0 bridgehead atoms. The molecule has 0 aromatic heterocycles. The van der Waals surface area contributed by atoms with Gasteiger partial charge in [0.05, 0.1) is 5.56 Å². The number of hydrogen-bond donors (Lipinski definition) is 1. The Labute approximate surface area is 188 Å². The van der Waals surface area contributed by atoms with Gasteiger partial charge in [-0.25, -0.2) is 8.78 Å². The largest absolute Gasteiger partial charge is 0.349 e. The summed E-state index contributed by atoms with van der Waals surface area (Å²) < 4.78 is 27.8. The first-order chi connectivity index (χ1) is 15.2. The lowest BCUT2D eigenvalue weighted by Gasteiger charge is -2.60. The molecule has 0 spiro atoms. The van der Waals surface area contributed by atoms with Crippen LogP contribution in [-0.2, 0) is 4.79 Å². The molecule has 172 valence electrons. The predicted molar refractivity (Wildman–Crippen MR) is 118 cm³/mol. The zero-order valence-electron chi connectivity index (χ0n) is 19.0. The molecule has 1 aromatic carbocycles. The highest BCUT2D eigenvalue weighted by Crippen LogP contribution is 2.63. The second-order valence-electron chi connectivity index (χ2n) is 10.9. The summed E-state index contributed by atoms with van der Waals surface area (Å²) in [5, 5.41) is 3.06. The van der Waals surface area contributed by atoms with Crippen molar-refractivity contribution in [2.24, 2.45) is 28.6 Å². The highest BCUT2D eigenvalue weighted by molar-refractivity contribution is 5.94. The van der Waals surface area contributed by atoms with Crippen molar-refractivity contribution in [3.8, 4) is 0 Å². The minimum atomic E-state index is -1.08. The molecule has 0 saturated heterocycles. The van der Waals surface area contributed by atoms with Gasteiger partial charge in [0.2, 0.25) is 5.91 Å². The first-order valence-corrected chi connectivity index (χ1v) is 11.9. The zero-order chi connectivity index (χ0) is 22.8. The van der Waals surface area contributed by atoms with E-state index >= 15 is 0 Å². The van der Waals surface area contributed by atoms with Crippen molar-refractivity contribution in [3.05, 3.63) is 47.5 Å². The first kappa shape index (κ1) is 21.6. The Morgan fingerprint density at radius 1 is 1.09 bits per heavy atom. The van der Waals surface area contributed by atoms with Crippen molar-refractivity contribution in [3.63, 3.8) is 0 Å². The average Bonchev–Trinajstić information content (AvgIpc) is 3.09. The van der Waals surface area contributed by atoms with E-state index in [1.807, 2.05) is 11.9 Å². The van der Waals surface area contributed by atoms with Crippen LogP contribution < -0.4 is 5.32 Å². The Morgan fingerprint density at radius 2 is 1.88 bits per heavy atom. The van der Waals surface area contributed by atoms with E-state index < -0.39 is 17.5 Å². The van der Waals surface area contributed by atoms with Gasteiger partial charge in [-0.15, -0.1) is 0 Å². The van der Waals surface area contributed by atoms with Gasteiger partial charge in [0.25, 0.3) is 5.91 Å². The number of rotatable bonds is 2. The number of nitrogens with one attached hydrogen (secondary N) is 1. The lowest BCUT2D eigenvalue weighted by atomic mass is 9.48. The lowest BCUT2D eigenvalue weighted by molar-refractivity contribution is -0.138. The third kappa shape index (κ3) is 2.97. The summed E-state index contributed by atoms with van der Waals surface area (Å²) in [6.07, 6.45) is 9.95. The first-order valence-electron chi connectivity index (χ1n) is 11.9. The van der Waals surface area contributed by atoms with E-state index in [9.17, 15) is 18.4 Å². The number of likely N-dealkylation sites (N-methyl/N-ethyl adjacent to an activating group) is 1. The van der Waals surface area contributed by atoms with E-state index in [2.05, 4.69) is 25.2 Å². The number of carbonyl (C=O) groups is 2. The number of benzene rings is 1. The average molecular weight is 443 g/mol. The van der Waals surface area contributed by atoms with Gasteiger partial charge in [-0.3, -0.25) is 9.59 Å². The molecule has 1 aliphatic heterocycles. The number of nitrogens with zero attached hydrogens (tertiary/aromatic N) is 1. The van der Waals surface area contributed by atoms with Crippen LogP contribution in [0.3, 0.4) is 0 Å². The van der Waals surface area contributed by atoms with Crippen LogP contribution in [-0.4, -0.2) is 35.8 Å². The molecular formula is C26H32F2N2O2. The summed E-state index contributed by atoms with van der Waals surface area (Å²) in [5.74, 6) is -0.958. The molecule has 4 nitrogen and oxygen atoms in total. The summed E-state index contributed by atoms with van der Waals surface area (Å²) in [5.41, 5.74) is -0.290. The van der Waals surface area contributed by atoms with E-state index in [1.165, 1.54) is 12.1 Å². The highest BCUT2D eigenvalue weighted by atomic mass is 19.2. The molecule has 7 atom stereocenters. The number of fused-ring (bicyclic) bond motifs is 5. The van der Waals surface area contributed by atoms with Crippen LogP contribution in [0.5, 0.6) is 0 Å². The van der Waals surface area contributed by atoms with Gasteiger partial charge >= 0.3 is 0 Å². The van der Waals surface area contributed by atoms with E-state index in [0.29, 0.717) is 17.8 Å². The van der Waals surface area contributed by atoms with Crippen LogP contribution in [0.4, 0.5) is 8.78 Å². The van der Waals surface area contributed by atoms with E-state index in [0.717, 1.165) is 44.6 Å². The molecule has 3 saturated carbocycles. The third-order valence-corrected chi connectivity index (χ3v) is 9.63. The highest BCUT2D eigenvalue weighted by Gasteiger charge is 2.60. The van der Waals surface area contributed by atoms with Gasteiger partial charge < -0.3 is 10.2 Å². The van der Waals surface area contributed by atoms with Crippen LogP contribution in [0.1, 0.15) is 62.7 Å². The fraction of sp³-hybridized carbons (Fsp3) is 0.615. The third-order valence-electron chi connectivity index (χ3n) is 9.63. The molecular weight excluding hydrogens is 410 g/mol. The molecule has 2 unspecified atom stereocenters. The molecule has 4 aliphatic rings. The minimum Gasteiger partial charge on any atom is -0.349 e. The number of carbonyl (C=O) groups excluding carboxylic acids is 2. The monoisotopic (exact) mass is 442 g/mol. The molecule has 1 aromatic rings. The molecule has 3 fully saturated rings. The molecule has 6 heteroatoms. The predicted octanol–water partition coefficient (Wildman–Crippen LogP) is 4.70. The molecule has 3 aliphatic carbocycles. The molecule has 1 N–H and O–H groups in total. The van der Waals surface area contributed by atoms with Crippen LogP contribution in [0.15, 0.2) is 30.4 Å². The van der Waals surface area contributed by atoms with Crippen LogP contribution >= 0.6 is 0 Å². The molecule has 2 amide bonds. The van der Waals surface area contributed by atoms with Crippen molar-refractivity contribution in [1.82, 2.24) is 10.2 Å². The van der Waals surface area contributed by atoms with Crippen molar-refractivity contribution in [2.45, 2.75) is 64.5 Å². The van der Waals surface area contributed by atoms with Crippen molar-refractivity contribution < 1.29 is 18.4 Å². The number of amides is 2. The van der Waals surface area contributed by atoms with Gasteiger partial charge in [0.15, 0.2) is 11.6 Å². The van der Waals surface area contributed by atoms with E-state index in [1.54, 1.807) is 6.08 Å². The lowest BCUT2D eigenvalue weighted by Crippen LogP contribution is -2.60. The fourth-order valence-corrected chi connectivity index (χ4v) is 7.89. The van der Waals surface area contributed by atoms with Gasteiger partial charge in [-0.2, -0.15) is 0 Å². The summed E-state index contributed by atoms with van der Waals surface area (Å²) in [6, 6.07) is 3.95. The SMILES string of the molecule is CN1C(=O)C=C[C@@]2(C)C1CC[C@@H]1[C@H]2CC[C@]2(C)C(NC(=O)c3cccc(F)c3F)CC[C@@H]12. The maximum atomic E-state index is 14.2.